The van der Waals surface area contributed by atoms with Crippen LogP contribution in [0, 0.1) is 5.92 Å². The molecule has 0 spiro atoms. The van der Waals surface area contributed by atoms with Gasteiger partial charge in [0.25, 0.3) is 0 Å². The molecule has 18 heavy (non-hydrogen) atoms. The van der Waals surface area contributed by atoms with Crippen molar-refractivity contribution in [1.82, 2.24) is 10.2 Å². The van der Waals surface area contributed by atoms with E-state index in [-0.39, 0.29) is 5.54 Å². The van der Waals surface area contributed by atoms with Gasteiger partial charge in [0.1, 0.15) is 0 Å². The van der Waals surface area contributed by atoms with Crippen molar-refractivity contribution >= 4 is 0 Å². The van der Waals surface area contributed by atoms with Gasteiger partial charge in [-0.3, -0.25) is 0 Å². The second-order valence-electron chi connectivity index (χ2n) is 5.76. The third kappa shape index (κ3) is 3.25. The van der Waals surface area contributed by atoms with Crippen molar-refractivity contribution in [3.8, 4) is 0 Å². The average molecular weight is 256 g/mol. The molecule has 1 rings (SSSR count). The van der Waals surface area contributed by atoms with Gasteiger partial charge in [-0.25, -0.2) is 0 Å². The minimum absolute atomic E-state index is 0.257. The summed E-state index contributed by atoms with van der Waals surface area (Å²) in [6, 6.07) is 0.546. The van der Waals surface area contributed by atoms with Crippen molar-refractivity contribution in [2.24, 2.45) is 5.92 Å². The van der Waals surface area contributed by atoms with Gasteiger partial charge in [0.05, 0.1) is 6.61 Å². The number of hydrogen-bond donors (Lipinski definition) is 1. The van der Waals surface area contributed by atoms with Gasteiger partial charge in [-0.15, -0.1) is 0 Å². The second-order valence-corrected chi connectivity index (χ2v) is 5.76. The van der Waals surface area contributed by atoms with Crippen molar-refractivity contribution in [2.45, 2.75) is 58.0 Å². The first-order valence-corrected chi connectivity index (χ1v) is 7.60. The summed E-state index contributed by atoms with van der Waals surface area (Å²) in [5.74, 6) is 0.666. The fourth-order valence-electron chi connectivity index (χ4n) is 3.51. The number of nitrogens with one attached hydrogen (secondary N) is 1. The Kier molecular flexibility index (Phi) is 6.61. The van der Waals surface area contributed by atoms with E-state index in [1.54, 1.807) is 0 Å². The Hall–Kier alpha value is -0.120. The smallest absolute Gasteiger partial charge is 0.0510 e. The number of likely N-dealkylation sites (N-methyl/N-ethyl adjacent to an activating group) is 1. The second kappa shape index (κ2) is 7.46. The maximum absolute atomic E-state index is 5.62. The van der Waals surface area contributed by atoms with Gasteiger partial charge in [-0.2, -0.15) is 0 Å². The first-order valence-electron chi connectivity index (χ1n) is 7.60. The zero-order chi connectivity index (χ0) is 13.6. The fraction of sp³-hybridized carbons (Fsp3) is 1.00. The Morgan fingerprint density at radius 1 is 1.28 bits per heavy atom. The van der Waals surface area contributed by atoms with Gasteiger partial charge >= 0.3 is 0 Å². The van der Waals surface area contributed by atoms with Gasteiger partial charge in [0.2, 0.25) is 0 Å². The molecule has 3 nitrogen and oxygen atoms in total. The van der Waals surface area contributed by atoms with E-state index in [9.17, 15) is 0 Å². The predicted molar refractivity (Wildman–Crippen MR) is 78.0 cm³/mol. The Balaban J connectivity index is 2.89. The molecule has 1 N–H and O–H groups in total. The van der Waals surface area contributed by atoms with Crippen LogP contribution in [0.4, 0.5) is 0 Å². The molecule has 0 saturated carbocycles. The predicted octanol–water partition coefficient (Wildman–Crippen LogP) is 2.51. The lowest BCUT2D eigenvalue weighted by Gasteiger charge is -2.48. The quantitative estimate of drug-likeness (QED) is 0.722. The Labute approximate surface area is 113 Å². The highest BCUT2D eigenvalue weighted by Gasteiger charge is 2.42. The molecule has 1 heterocycles. The summed E-state index contributed by atoms with van der Waals surface area (Å²) in [7, 11) is 4.45. The third-order valence-electron chi connectivity index (χ3n) is 4.74. The van der Waals surface area contributed by atoms with E-state index in [0.717, 1.165) is 19.8 Å². The van der Waals surface area contributed by atoms with Crippen molar-refractivity contribution in [3.63, 3.8) is 0 Å². The number of hydrogen-bond acceptors (Lipinski definition) is 3. The van der Waals surface area contributed by atoms with Crippen molar-refractivity contribution < 1.29 is 4.74 Å². The summed E-state index contributed by atoms with van der Waals surface area (Å²) in [6.07, 6.45) is 4.78. The van der Waals surface area contributed by atoms with Crippen LogP contribution in [0.25, 0.3) is 0 Å². The third-order valence-corrected chi connectivity index (χ3v) is 4.74. The van der Waals surface area contributed by atoms with Crippen LogP contribution in [-0.2, 0) is 4.74 Å². The molecule has 1 aliphatic heterocycles. The maximum Gasteiger partial charge on any atom is 0.0510 e. The van der Waals surface area contributed by atoms with Crippen molar-refractivity contribution in [1.29, 1.82) is 0 Å². The summed E-state index contributed by atoms with van der Waals surface area (Å²) < 4.78 is 5.62. The molecule has 1 fully saturated rings. The van der Waals surface area contributed by atoms with Gasteiger partial charge in [-0.05, 0) is 46.3 Å². The summed E-state index contributed by atoms with van der Waals surface area (Å²) in [6.45, 7) is 9.85. The van der Waals surface area contributed by atoms with Crippen LogP contribution < -0.4 is 5.32 Å². The van der Waals surface area contributed by atoms with Crippen LogP contribution in [0.1, 0.15) is 46.5 Å². The zero-order valence-electron chi connectivity index (χ0n) is 13.0. The molecule has 2 atom stereocenters. The topological polar surface area (TPSA) is 24.5 Å². The Bertz CT molecular complexity index is 221. The molecule has 0 bridgehead atoms. The highest BCUT2D eigenvalue weighted by Crippen LogP contribution is 2.33. The average Bonchev–Trinajstić information content (AvgIpc) is 2.88. The van der Waals surface area contributed by atoms with Crippen LogP contribution in [0.5, 0.6) is 0 Å². The minimum Gasteiger partial charge on any atom is -0.381 e. The highest BCUT2D eigenvalue weighted by molar-refractivity contribution is 5.01. The van der Waals surface area contributed by atoms with Gasteiger partial charge in [-0.1, -0.05) is 20.8 Å². The van der Waals surface area contributed by atoms with Crippen LogP contribution in [0.15, 0.2) is 0 Å². The van der Waals surface area contributed by atoms with Crippen LogP contribution in [0.2, 0.25) is 0 Å². The summed E-state index contributed by atoms with van der Waals surface area (Å²) in [4.78, 5) is 2.43. The number of rotatable bonds is 8. The lowest BCUT2D eigenvalue weighted by molar-refractivity contribution is 0.0540. The largest absolute Gasteiger partial charge is 0.381 e. The molecule has 0 aromatic rings. The van der Waals surface area contributed by atoms with Crippen LogP contribution >= 0.6 is 0 Å². The molecule has 0 aromatic carbocycles. The van der Waals surface area contributed by atoms with E-state index in [1.807, 2.05) is 0 Å². The normalized spacial score (nSPS) is 22.7. The lowest BCUT2D eigenvalue weighted by Crippen LogP contribution is -2.61. The highest BCUT2D eigenvalue weighted by atomic mass is 16.5. The van der Waals surface area contributed by atoms with E-state index in [2.05, 4.69) is 45.1 Å². The van der Waals surface area contributed by atoms with Crippen molar-refractivity contribution in [2.75, 3.05) is 33.9 Å². The van der Waals surface area contributed by atoms with Gasteiger partial charge in [0, 0.05) is 24.1 Å². The monoisotopic (exact) mass is 256 g/mol. The van der Waals surface area contributed by atoms with E-state index in [0.29, 0.717) is 12.0 Å². The molecule has 1 aliphatic rings. The zero-order valence-corrected chi connectivity index (χ0v) is 13.0. The van der Waals surface area contributed by atoms with E-state index in [1.165, 1.54) is 25.7 Å². The molecule has 0 amide bonds. The summed E-state index contributed by atoms with van der Waals surface area (Å²) >= 11 is 0. The molecule has 0 aliphatic carbocycles. The molecule has 108 valence electrons. The lowest BCUT2D eigenvalue weighted by atomic mass is 9.76. The molecule has 1 saturated heterocycles. The molecule has 2 unspecified atom stereocenters. The van der Waals surface area contributed by atoms with Gasteiger partial charge < -0.3 is 15.0 Å². The van der Waals surface area contributed by atoms with Gasteiger partial charge in [0.15, 0.2) is 0 Å². The molecule has 0 aromatic heterocycles. The molecular formula is C15H32N2O. The van der Waals surface area contributed by atoms with E-state index >= 15 is 0 Å². The Morgan fingerprint density at radius 3 is 2.33 bits per heavy atom. The molecule has 0 radical (unpaired) electrons. The number of nitrogens with zero attached hydrogens (tertiary/aromatic N) is 1. The van der Waals surface area contributed by atoms with E-state index in [4.69, 9.17) is 4.74 Å². The molecular weight excluding hydrogens is 224 g/mol. The van der Waals surface area contributed by atoms with E-state index < -0.39 is 0 Å². The summed E-state index contributed by atoms with van der Waals surface area (Å²) in [5.41, 5.74) is 0.257. The molecule has 3 heteroatoms. The first kappa shape index (κ1) is 15.9. The fourth-order valence-corrected chi connectivity index (χ4v) is 3.51. The van der Waals surface area contributed by atoms with Crippen LogP contribution in [0.3, 0.4) is 0 Å². The number of ether oxygens (including phenoxy) is 1. The Morgan fingerprint density at radius 2 is 1.94 bits per heavy atom. The SMILES string of the molecule is CCCNC(C1CCOC1)C(CC)(CC)N(C)C. The maximum atomic E-state index is 5.62. The van der Waals surface area contributed by atoms with Crippen LogP contribution in [-0.4, -0.2) is 50.3 Å². The van der Waals surface area contributed by atoms with Crippen molar-refractivity contribution in [3.05, 3.63) is 0 Å². The minimum atomic E-state index is 0.257. The standard InChI is InChI=1S/C15H32N2O/c1-6-10-16-14(13-9-11-18-12-13)15(7-2,8-3)17(4)5/h13-14,16H,6-12H2,1-5H3. The first-order chi connectivity index (χ1) is 8.62. The summed E-state index contributed by atoms with van der Waals surface area (Å²) in [5, 5.41) is 3.81.